The number of aromatic nitrogens is 2. The van der Waals surface area contributed by atoms with Crippen molar-refractivity contribution >= 4 is 16.0 Å². The number of ether oxygens (including phenoxy) is 1. The van der Waals surface area contributed by atoms with Gasteiger partial charge in [-0.15, -0.1) is 0 Å². The van der Waals surface area contributed by atoms with Crippen LogP contribution in [0.15, 0.2) is 11.1 Å². The van der Waals surface area contributed by atoms with Crippen molar-refractivity contribution in [2.24, 2.45) is 0 Å². The zero-order valence-corrected chi connectivity index (χ0v) is 14.8. The van der Waals surface area contributed by atoms with Crippen LogP contribution in [-0.4, -0.2) is 37.3 Å². The van der Waals surface area contributed by atoms with Gasteiger partial charge in [0, 0.05) is 17.7 Å². The van der Waals surface area contributed by atoms with Gasteiger partial charge in [-0.25, -0.2) is 8.42 Å². The molecule has 0 aliphatic carbocycles. The Morgan fingerprint density at radius 2 is 2.00 bits per heavy atom. The summed E-state index contributed by atoms with van der Waals surface area (Å²) in [6.45, 7) is 11.0. The summed E-state index contributed by atoms with van der Waals surface area (Å²) in [5, 5.41) is 4.39. The van der Waals surface area contributed by atoms with Gasteiger partial charge >= 0.3 is 5.97 Å². The first-order valence-electron chi connectivity index (χ1n) is 7.24. The summed E-state index contributed by atoms with van der Waals surface area (Å²) < 4.78 is 33.6. The van der Waals surface area contributed by atoms with E-state index in [1.54, 1.807) is 11.6 Å². The molecule has 126 valence electrons. The average Bonchev–Trinajstić information content (AvgIpc) is 2.83. The van der Waals surface area contributed by atoms with Crippen LogP contribution < -0.4 is 4.72 Å². The Bertz CT molecular complexity index is 627. The molecular formula is C14H25N3O4S. The molecule has 0 aromatic carbocycles. The Morgan fingerprint density at radius 1 is 1.41 bits per heavy atom. The van der Waals surface area contributed by atoms with Crippen LogP contribution in [0.2, 0.25) is 0 Å². The number of hydrogen-bond acceptors (Lipinski definition) is 5. The molecule has 1 heterocycles. The van der Waals surface area contributed by atoms with E-state index in [-0.39, 0.29) is 17.5 Å². The van der Waals surface area contributed by atoms with Crippen LogP contribution >= 0.6 is 0 Å². The Morgan fingerprint density at radius 3 is 2.45 bits per heavy atom. The Hall–Kier alpha value is -1.41. The van der Waals surface area contributed by atoms with Crippen molar-refractivity contribution in [1.82, 2.24) is 14.5 Å². The predicted molar refractivity (Wildman–Crippen MR) is 83.1 cm³/mol. The monoisotopic (exact) mass is 331 g/mol. The van der Waals surface area contributed by atoms with Crippen LogP contribution in [0.5, 0.6) is 0 Å². The van der Waals surface area contributed by atoms with Gasteiger partial charge < -0.3 is 4.74 Å². The molecule has 0 saturated carbocycles. The Labute approximate surface area is 132 Å². The quantitative estimate of drug-likeness (QED) is 0.800. The minimum Gasteiger partial charge on any atom is -0.465 e. The number of nitrogens with one attached hydrogen (secondary N) is 1. The van der Waals surface area contributed by atoms with E-state index in [0.717, 1.165) is 0 Å². The maximum Gasteiger partial charge on any atom is 0.321 e. The second kappa shape index (κ2) is 6.78. The SMILES string of the molecule is CCOC(=O)CNS(=O)(=O)c1cn(C(C)C)nc1C(C)(C)C. The third-order valence-corrected chi connectivity index (χ3v) is 4.34. The normalized spacial score (nSPS) is 12.7. The molecule has 0 amide bonds. The minimum absolute atomic E-state index is 0.0371. The third-order valence-electron chi connectivity index (χ3n) is 2.94. The van der Waals surface area contributed by atoms with E-state index < -0.39 is 28.0 Å². The molecule has 0 radical (unpaired) electrons. The molecule has 0 bridgehead atoms. The van der Waals surface area contributed by atoms with E-state index in [4.69, 9.17) is 4.74 Å². The molecule has 1 N–H and O–H groups in total. The largest absolute Gasteiger partial charge is 0.465 e. The first kappa shape index (κ1) is 18.6. The fraction of sp³-hybridized carbons (Fsp3) is 0.714. The maximum atomic E-state index is 12.5. The fourth-order valence-corrected chi connectivity index (χ4v) is 3.11. The summed E-state index contributed by atoms with van der Waals surface area (Å²) in [7, 11) is -3.83. The minimum atomic E-state index is -3.83. The van der Waals surface area contributed by atoms with Crippen molar-refractivity contribution in [3.63, 3.8) is 0 Å². The molecule has 8 heteroatoms. The highest BCUT2D eigenvalue weighted by Crippen LogP contribution is 2.28. The topological polar surface area (TPSA) is 90.3 Å². The van der Waals surface area contributed by atoms with Crippen molar-refractivity contribution in [3.8, 4) is 0 Å². The molecule has 0 aliphatic heterocycles. The molecule has 7 nitrogen and oxygen atoms in total. The molecule has 0 atom stereocenters. The van der Waals surface area contributed by atoms with Crippen LogP contribution in [0.3, 0.4) is 0 Å². The maximum absolute atomic E-state index is 12.5. The molecule has 0 unspecified atom stereocenters. The van der Waals surface area contributed by atoms with Crippen molar-refractivity contribution in [1.29, 1.82) is 0 Å². The molecular weight excluding hydrogens is 306 g/mol. The van der Waals surface area contributed by atoms with E-state index in [1.165, 1.54) is 6.20 Å². The number of carbonyl (C=O) groups is 1. The predicted octanol–water partition coefficient (Wildman–Crippen LogP) is 1.60. The lowest BCUT2D eigenvalue weighted by Crippen LogP contribution is -2.32. The van der Waals surface area contributed by atoms with Gasteiger partial charge in [0.15, 0.2) is 0 Å². The highest BCUT2D eigenvalue weighted by atomic mass is 32.2. The summed E-state index contributed by atoms with van der Waals surface area (Å²) in [6.07, 6.45) is 1.50. The zero-order chi connectivity index (χ0) is 17.1. The smallest absolute Gasteiger partial charge is 0.321 e. The van der Waals surface area contributed by atoms with Crippen LogP contribution in [0.25, 0.3) is 0 Å². The molecule has 0 fully saturated rings. The first-order valence-corrected chi connectivity index (χ1v) is 8.72. The molecule has 22 heavy (non-hydrogen) atoms. The number of rotatable bonds is 6. The summed E-state index contributed by atoms with van der Waals surface area (Å²) in [4.78, 5) is 11.4. The van der Waals surface area contributed by atoms with Gasteiger partial charge in [0.2, 0.25) is 10.0 Å². The molecule has 0 aliphatic rings. The van der Waals surface area contributed by atoms with E-state index >= 15 is 0 Å². The summed E-state index contributed by atoms with van der Waals surface area (Å²) in [5.74, 6) is -0.611. The second-order valence-corrected chi connectivity index (χ2v) is 8.03. The highest BCUT2D eigenvalue weighted by Gasteiger charge is 2.30. The van der Waals surface area contributed by atoms with E-state index in [1.807, 2.05) is 34.6 Å². The van der Waals surface area contributed by atoms with Crippen molar-refractivity contribution < 1.29 is 17.9 Å². The van der Waals surface area contributed by atoms with E-state index in [2.05, 4.69) is 9.82 Å². The van der Waals surface area contributed by atoms with Crippen LogP contribution in [0.1, 0.15) is 53.3 Å². The highest BCUT2D eigenvalue weighted by molar-refractivity contribution is 7.89. The molecule has 0 saturated heterocycles. The van der Waals surface area contributed by atoms with Crippen molar-refractivity contribution in [3.05, 3.63) is 11.9 Å². The van der Waals surface area contributed by atoms with E-state index in [9.17, 15) is 13.2 Å². The third kappa shape index (κ3) is 4.54. The lowest BCUT2D eigenvalue weighted by atomic mass is 9.92. The van der Waals surface area contributed by atoms with Gasteiger partial charge in [0.25, 0.3) is 0 Å². The zero-order valence-electron chi connectivity index (χ0n) is 14.0. The van der Waals surface area contributed by atoms with E-state index in [0.29, 0.717) is 5.69 Å². The van der Waals surface area contributed by atoms with Crippen LogP contribution in [0, 0.1) is 0 Å². The lowest BCUT2D eigenvalue weighted by molar-refractivity contribution is -0.141. The fourth-order valence-electron chi connectivity index (χ4n) is 1.80. The van der Waals surface area contributed by atoms with Gasteiger partial charge in [0.05, 0.1) is 12.3 Å². The summed E-state index contributed by atoms with van der Waals surface area (Å²) in [6, 6.07) is 0.0371. The Kier molecular flexibility index (Phi) is 5.75. The molecule has 1 aromatic heterocycles. The average molecular weight is 331 g/mol. The summed E-state index contributed by atoms with van der Waals surface area (Å²) in [5.41, 5.74) is 0.0336. The number of nitrogens with zero attached hydrogens (tertiary/aromatic N) is 2. The van der Waals surface area contributed by atoms with Gasteiger partial charge in [-0.3, -0.25) is 9.48 Å². The van der Waals surface area contributed by atoms with Crippen LogP contribution in [0.4, 0.5) is 0 Å². The van der Waals surface area contributed by atoms with Crippen molar-refractivity contribution in [2.45, 2.75) is 57.9 Å². The summed E-state index contributed by atoms with van der Waals surface area (Å²) >= 11 is 0. The van der Waals surface area contributed by atoms with Crippen molar-refractivity contribution in [2.75, 3.05) is 13.2 Å². The first-order chi connectivity index (χ1) is 9.99. The molecule has 1 aromatic rings. The lowest BCUT2D eigenvalue weighted by Gasteiger charge is -2.17. The number of carbonyl (C=O) groups excluding carboxylic acids is 1. The number of sulfonamides is 1. The number of hydrogen-bond donors (Lipinski definition) is 1. The molecule has 1 rings (SSSR count). The number of esters is 1. The Balaban J connectivity index is 3.15. The van der Waals surface area contributed by atoms with Crippen LogP contribution in [-0.2, 0) is 25.0 Å². The standard InChI is InChI=1S/C14H25N3O4S/c1-7-21-12(18)8-15-22(19,20)11-9-17(10(2)3)16-13(11)14(4,5)6/h9-10,15H,7-8H2,1-6H3. The second-order valence-electron chi connectivity index (χ2n) is 6.30. The van der Waals surface area contributed by atoms with Gasteiger partial charge in [-0.1, -0.05) is 20.8 Å². The molecule has 0 spiro atoms. The van der Waals surface area contributed by atoms with Gasteiger partial charge in [-0.05, 0) is 20.8 Å². The van der Waals surface area contributed by atoms with Gasteiger partial charge in [0.1, 0.15) is 11.4 Å². The van der Waals surface area contributed by atoms with Gasteiger partial charge in [-0.2, -0.15) is 9.82 Å².